The highest BCUT2D eigenvalue weighted by Gasteiger charge is 2.48. The largest absolute Gasteiger partial charge is 0.481 e. The van der Waals surface area contributed by atoms with Gasteiger partial charge in [-0.25, -0.2) is 4.79 Å². The van der Waals surface area contributed by atoms with Gasteiger partial charge in [-0.1, -0.05) is 19.9 Å². The number of likely N-dealkylation sites (tertiary alicyclic amines) is 1. The Labute approximate surface area is 108 Å². The van der Waals surface area contributed by atoms with Gasteiger partial charge in [-0.3, -0.25) is 4.79 Å². The Morgan fingerprint density at radius 3 is 2.67 bits per heavy atom. The van der Waals surface area contributed by atoms with E-state index in [9.17, 15) is 14.7 Å². The monoisotopic (exact) mass is 254 g/mol. The molecule has 1 unspecified atom stereocenters. The smallest absolute Gasteiger partial charge is 0.317 e. The highest BCUT2D eigenvalue weighted by Crippen LogP contribution is 2.38. The van der Waals surface area contributed by atoms with Gasteiger partial charge in [0.25, 0.3) is 0 Å². The molecule has 2 amide bonds. The minimum Gasteiger partial charge on any atom is -0.481 e. The van der Waals surface area contributed by atoms with Gasteiger partial charge in [0, 0.05) is 19.6 Å². The zero-order valence-corrected chi connectivity index (χ0v) is 11.1. The van der Waals surface area contributed by atoms with Crippen molar-refractivity contribution in [3.05, 3.63) is 12.7 Å². The van der Waals surface area contributed by atoms with Gasteiger partial charge in [-0.2, -0.15) is 0 Å². The zero-order valence-electron chi connectivity index (χ0n) is 11.1. The highest BCUT2D eigenvalue weighted by atomic mass is 16.4. The summed E-state index contributed by atoms with van der Waals surface area (Å²) in [4.78, 5) is 24.9. The first kappa shape index (κ1) is 14.5. The summed E-state index contributed by atoms with van der Waals surface area (Å²) >= 11 is 0. The summed E-state index contributed by atoms with van der Waals surface area (Å²) in [6, 6.07) is -0.180. The molecule has 1 rings (SSSR count). The fraction of sp³-hybridized carbons (Fsp3) is 0.692. The van der Waals surface area contributed by atoms with Crippen molar-refractivity contribution in [2.45, 2.75) is 26.7 Å². The van der Waals surface area contributed by atoms with Crippen molar-refractivity contribution in [3.8, 4) is 0 Å². The van der Waals surface area contributed by atoms with E-state index in [0.717, 1.165) is 0 Å². The van der Waals surface area contributed by atoms with E-state index in [4.69, 9.17) is 0 Å². The predicted molar refractivity (Wildman–Crippen MR) is 69.3 cm³/mol. The molecule has 5 heteroatoms. The normalized spacial score (nSPS) is 23.2. The lowest BCUT2D eigenvalue weighted by atomic mass is 9.76. The third-order valence-corrected chi connectivity index (χ3v) is 3.74. The molecule has 0 aromatic heterocycles. The van der Waals surface area contributed by atoms with Gasteiger partial charge in [0.1, 0.15) is 0 Å². The van der Waals surface area contributed by atoms with Crippen molar-refractivity contribution in [2.24, 2.45) is 11.3 Å². The molecule has 1 atom stereocenters. The first-order chi connectivity index (χ1) is 8.44. The van der Waals surface area contributed by atoms with Crippen LogP contribution >= 0.6 is 0 Å². The van der Waals surface area contributed by atoms with Gasteiger partial charge in [-0.05, 0) is 18.8 Å². The quantitative estimate of drug-likeness (QED) is 0.579. The van der Waals surface area contributed by atoms with Crippen LogP contribution in [0.3, 0.4) is 0 Å². The summed E-state index contributed by atoms with van der Waals surface area (Å²) < 4.78 is 0. The second-order valence-corrected chi connectivity index (χ2v) is 5.10. The van der Waals surface area contributed by atoms with Crippen molar-refractivity contribution in [1.82, 2.24) is 10.2 Å². The molecule has 1 fully saturated rings. The van der Waals surface area contributed by atoms with Crippen LogP contribution < -0.4 is 5.32 Å². The molecule has 1 saturated heterocycles. The summed E-state index contributed by atoms with van der Waals surface area (Å²) in [6.45, 7) is 8.71. The average molecular weight is 254 g/mol. The van der Waals surface area contributed by atoms with Crippen molar-refractivity contribution in [2.75, 3.05) is 19.6 Å². The standard InChI is InChI=1S/C13H22N2O3/c1-4-5-7-14-12(18)15-8-6-13(9-15,10(2)3)11(16)17/h4,10H,1,5-9H2,2-3H3,(H,14,18)(H,16,17). The lowest BCUT2D eigenvalue weighted by Crippen LogP contribution is -2.43. The SMILES string of the molecule is C=CCCNC(=O)N1CCC(C(=O)O)(C(C)C)C1. The molecule has 0 aliphatic carbocycles. The number of aliphatic carboxylic acids is 1. The molecule has 5 nitrogen and oxygen atoms in total. The maximum atomic E-state index is 11.8. The number of nitrogens with one attached hydrogen (secondary N) is 1. The van der Waals surface area contributed by atoms with E-state index in [2.05, 4.69) is 11.9 Å². The van der Waals surface area contributed by atoms with Crippen LogP contribution in [0.2, 0.25) is 0 Å². The summed E-state index contributed by atoms with van der Waals surface area (Å²) in [6.07, 6.45) is 2.97. The molecule has 18 heavy (non-hydrogen) atoms. The van der Waals surface area contributed by atoms with Gasteiger partial charge < -0.3 is 15.3 Å². The maximum absolute atomic E-state index is 11.8. The van der Waals surface area contributed by atoms with E-state index in [1.807, 2.05) is 13.8 Å². The number of carbonyl (C=O) groups excluding carboxylic acids is 1. The Morgan fingerprint density at radius 2 is 2.22 bits per heavy atom. The lowest BCUT2D eigenvalue weighted by Gasteiger charge is -2.28. The van der Waals surface area contributed by atoms with E-state index < -0.39 is 11.4 Å². The van der Waals surface area contributed by atoms with E-state index in [-0.39, 0.29) is 11.9 Å². The number of carbonyl (C=O) groups is 2. The van der Waals surface area contributed by atoms with Gasteiger partial charge in [-0.15, -0.1) is 6.58 Å². The third-order valence-electron chi connectivity index (χ3n) is 3.74. The van der Waals surface area contributed by atoms with Crippen LogP contribution in [0, 0.1) is 11.3 Å². The van der Waals surface area contributed by atoms with Gasteiger partial charge in [0.05, 0.1) is 5.41 Å². The van der Waals surface area contributed by atoms with E-state index >= 15 is 0 Å². The zero-order chi connectivity index (χ0) is 13.8. The number of nitrogens with zero attached hydrogens (tertiary/aromatic N) is 1. The number of hydrogen-bond acceptors (Lipinski definition) is 2. The number of hydrogen-bond donors (Lipinski definition) is 2. The first-order valence-corrected chi connectivity index (χ1v) is 6.31. The summed E-state index contributed by atoms with van der Waals surface area (Å²) in [5.41, 5.74) is -0.796. The van der Waals surface area contributed by atoms with Crippen molar-refractivity contribution < 1.29 is 14.7 Å². The van der Waals surface area contributed by atoms with Crippen LogP contribution in [0.5, 0.6) is 0 Å². The second-order valence-electron chi connectivity index (χ2n) is 5.10. The Morgan fingerprint density at radius 1 is 1.56 bits per heavy atom. The van der Waals surface area contributed by atoms with Gasteiger partial charge in [0.15, 0.2) is 0 Å². The molecule has 0 bridgehead atoms. The molecule has 1 aliphatic rings. The molecule has 102 valence electrons. The summed E-state index contributed by atoms with van der Waals surface area (Å²) in [5.74, 6) is -0.792. The van der Waals surface area contributed by atoms with Crippen LogP contribution in [-0.2, 0) is 4.79 Å². The maximum Gasteiger partial charge on any atom is 0.317 e. The van der Waals surface area contributed by atoms with Crippen molar-refractivity contribution in [1.29, 1.82) is 0 Å². The van der Waals surface area contributed by atoms with Crippen molar-refractivity contribution >= 4 is 12.0 Å². The second kappa shape index (κ2) is 5.89. The minimum atomic E-state index is -0.807. The summed E-state index contributed by atoms with van der Waals surface area (Å²) in [5, 5.41) is 12.1. The number of carboxylic acids is 1. The molecule has 0 aromatic rings. The fourth-order valence-electron chi connectivity index (χ4n) is 2.29. The Hall–Kier alpha value is -1.52. The molecular weight excluding hydrogens is 232 g/mol. The van der Waals surface area contributed by atoms with Crippen LogP contribution in [0.4, 0.5) is 4.79 Å². The van der Waals surface area contributed by atoms with E-state index in [0.29, 0.717) is 32.5 Å². The first-order valence-electron chi connectivity index (χ1n) is 6.31. The topological polar surface area (TPSA) is 69.6 Å². The number of rotatable bonds is 5. The summed E-state index contributed by atoms with van der Waals surface area (Å²) in [7, 11) is 0. The molecule has 0 aromatic carbocycles. The molecule has 1 heterocycles. The van der Waals surface area contributed by atoms with Crippen LogP contribution in [0.25, 0.3) is 0 Å². The molecule has 0 radical (unpaired) electrons. The predicted octanol–water partition coefficient (Wildman–Crippen LogP) is 1.70. The minimum absolute atomic E-state index is 0.0148. The van der Waals surface area contributed by atoms with Crippen LogP contribution in [-0.4, -0.2) is 41.6 Å². The molecule has 0 saturated carbocycles. The van der Waals surface area contributed by atoms with Crippen LogP contribution in [0.15, 0.2) is 12.7 Å². The Bertz CT molecular complexity index is 341. The molecular formula is C13H22N2O3. The number of urea groups is 1. The van der Waals surface area contributed by atoms with E-state index in [1.165, 1.54) is 0 Å². The Balaban J connectivity index is 2.61. The molecule has 1 aliphatic heterocycles. The number of amides is 2. The molecule has 0 spiro atoms. The lowest BCUT2D eigenvalue weighted by molar-refractivity contribution is -0.150. The van der Waals surface area contributed by atoms with Gasteiger partial charge in [0.2, 0.25) is 0 Å². The van der Waals surface area contributed by atoms with Crippen LogP contribution in [0.1, 0.15) is 26.7 Å². The van der Waals surface area contributed by atoms with E-state index in [1.54, 1.807) is 11.0 Å². The molecule has 2 N–H and O–H groups in total. The highest BCUT2D eigenvalue weighted by molar-refractivity contribution is 5.80. The number of carboxylic acid groups (broad SMARTS) is 1. The fourth-order valence-corrected chi connectivity index (χ4v) is 2.29. The van der Waals surface area contributed by atoms with Crippen molar-refractivity contribution in [3.63, 3.8) is 0 Å². The average Bonchev–Trinajstić information content (AvgIpc) is 2.75. The Kier molecular flexibility index (Phi) is 4.76. The third kappa shape index (κ3) is 2.83. The van der Waals surface area contributed by atoms with Gasteiger partial charge >= 0.3 is 12.0 Å².